The van der Waals surface area contributed by atoms with Crippen LogP contribution in [0.1, 0.15) is 23.7 Å². The number of rotatable bonds is 5. The van der Waals surface area contributed by atoms with Crippen LogP contribution < -0.4 is 10.7 Å². The highest BCUT2D eigenvalue weighted by Crippen LogP contribution is 2.22. The number of halogens is 1. The number of hydrogen-bond acceptors (Lipinski definition) is 5. The van der Waals surface area contributed by atoms with Gasteiger partial charge in [-0.1, -0.05) is 0 Å². The number of phenolic OH excluding ortho intramolecular Hbond substituents is 2. The molecule has 0 aliphatic heterocycles. The van der Waals surface area contributed by atoms with Crippen LogP contribution in [0.4, 0.5) is 10.1 Å². The molecule has 0 bridgehead atoms. The topological polar surface area (TPSA) is 111 Å². The Balaban J connectivity index is 1.91. The van der Waals surface area contributed by atoms with Gasteiger partial charge in [-0.15, -0.1) is 0 Å². The molecule has 2 amide bonds. The Hall–Kier alpha value is -3.42. The van der Waals surface area contributed by atoms with E-state index in [-0.39, 0.29) is 29.4 Å². The molecule has 7 nitrogen and oxygen atoms in total. The van der Waals surface area contributed by atoms with Gasteiger partial charge in [0.25, 0.3) is 5.91 Å². The van der Waals surface area contributed by atoms with E-state index in [0.29, 0.717) is 11.4 Å². The Morgan fingerprint density at radius 2 is 1.80 bits per heavy atom. The second kappa shape index (κ2) is 7.91. The molecule has 0 heterocycles. The van der Waals surface area contributed by atoms with Crippen LogP contribution >= 0.6 is 0 Å². The molecule has 25 heavy (non-hydrogen) atoms. The maximum atomic E-state index is 12.8. The molecule has 2 aromatic carbocycles. The summed E-state index contributed by atoms with van der Waals surface area (Å²) in [6.07, 6.45) is -0.0841. The van der Waals surface area contributed by atoms with E-state index in [9.17, 15) is 24.2 Å². The van der Waals surface area contributed by atoms with Crippen LogP contribution in [-0.2, 0) is 4.79 Å². The minimum atomic E-state index is -0.684. The van der Waals surface area contributed by atoms with E-state index in [1.54, 1.807) is 6.92 Å². The number of benzene rings is 2. The minimum absolute atomic E-state index is 0.0647. The fourth-order valence-corrected chi connectivity index (χ4v) is 1.93. The van der Waals surface area contributed by atoms with Crippen molar-refractivity contribution in [3.63, 3.8) is 0 Å². The second-order valence-electron chi connectivity index (χ2n) is 5.22. The largest absolute Gasteiger partial charge is 0.508 e. The molecule has 0 saturated heterocycles. The molecule has 0 aromatic heterocycles. The Labute approximate surface area is 142 Å². The van der Waals surface area contributed by atoms with Gasteiger partial charge in [-0.25, -0.2) is 9.82 Å². The van der Waals surface area contributed by atoms with Crippen molar-refractivity contribution in [3.8, 4) is 11.5 Å². The number of anilines is 1. The van der Waals surface area contributed by atoms with Crippen molar-refractivity contribution in [1.29, 1.82) is 0 Å². The summed E-state index contributed by atoms with van der Waals surface area (Å²) >= 11 is 0. The van der Waals surface area contributed by atoms with Gasteiger partial charge in [0.15, 0.2) is 0 Å². The first kappa shape index (κ1) is 17.9. The molecule has 8 heteroatoms. The number of hydrogen-bond donors (Lipinski definition) is 4. The van der Waals surface area contributed by atoms with Crippen molar-refractivity contribution >= 4 is 23.2 Å². The lowest BCUT2D eigenvalue weighted by Gasteiger charge is -2.06. The van der Waals surface area contributed by atoms with E-state index in [0.717, 1.165) is 6.07 Å². The first-order valence-corrected chi connectivity index (χ1v) is 7.26. The normalized spacial score (nSPS) is 11.0. The average molecular weight is 345 g/mol. The summed E-state index contributed by atoms with van der Waals surface area (Å²) in [6.45, 7) is 1.54. The summed E-state index contributed by atoms with van der Waals surface area (Å²) in [6, 6.07) is 8.82. The van der Waals surface area contributed by atoms with Crippen molar-refractivity contribution in [2.75, 3.05) is 5.32 Å². The number of hydrazone groups is 1. The molecule has 0 saturated carbocycles. The predicted molar refractivity (Wildman–Crippen MR) is 90.0 cm³/mol. The SMILES string of the molecule is C/C(CC(=O)Nc1ccc(F)cc1)=N\NC(=O)c1ccc(O)cc1O. The van der Waals surface area contributed by atoms with E-state index in [2.05, 4.69) is 15.8 Å². The summed E-state index contributed by atoms with van der Waals surface area (Å²) in [5.74, 6) is -2.04. The summed E-state index contributed by atoms with van der Waals surface area (Å²) in [5.41, 5.74) is 2.92. The van der Waals surface area contributed by atoms with E-state index >= 15 is 0 Å². The molecule has 2 aromatic rings. The third kappa shape index (κ3) is 5.31. The number of nitrogens with zero attached hydrogens (tertiary/aromatic N) is 1. The van der Waals surface area contributed by atoms with Gasteiger partial charge in [0.1, 0.15) is 17.3 Å². The summed E-state index contributed by atoms with van der Waals surface area (Å²) in [5, 5.41) is 25.1. The van der Waals surface area contributed by atoms with Gasteiger partial charge in [-0.3, -0.25) is 9.59 Å². The van der Waals surface area contributed by atoms with Gasteiger partial charge in [-0.2, -0.15) is 5.10 Å². The number of carbonyl (C=O) groups is 2. The van der Waals surface area contributed by atoms with Crippen molar-refractivity contribution in [2.24, 2.45) is 5.10 Å². The van der Waals surface area contributed by atoms with Crippen LogP contribution in [0.25, 0.3) is 0 Å². The van der Waals surface area contributed by atoms with Crippen LogP contribution in [0.3, 0.4) is 0 Å². The average Bonchev–Trinajstić information content (AvgIpc) is 2.54. The second-order valence-corrected chi connectivity index (χ2v) is 5.22. The third-order valence-corrected chi connectivity index (χ3v) is 3.12. The van der Waals surface area contributed by atoms with Gasteiger partial charge >= 0.3 is 0 Å². The smallest absolute Gasteiger partial charge is 0.275 e. The molecule has 4 N–H and O–H groups in total. The van der Waals surface area contributed by atoms with E-state index in [1.165, 1.54) is 36.4 Å². The standard InChI is InChI=1S/C17H16FN3O4/c1-10(8-16(24)19-12-4-2-11(18)3-5-12)20-21-17(25)14-7-6-13(22)9-15(14)23/h2-7,9,22-23H,8H2,1H3,(H,19,24)(H,21,25)/b20-10+. The van der Waals surface area contributed by atoms with Crippen LogP contribution in [0.5, 0.6) is 11.5 Å². The molecular weight excluding hydrogens is 329 g/mol. The first-order chi connectivity index (χ1) is 11.8. The quantitative estimate of drug-likeness (QED) is 0.492. The molecule has 0 aliphatic rings. The maximum Gasteiger partial charge on any atom is 0.275 e. The lowest BCUT2D eigenvalue weighted by atomic mass is 10.2. The Morgan fingerprint density at radius 1 is 1.12 bits per heavy atom. The van der Waals surface area contributed by atoms with Crippen LogP contribution in [0, 0.1) is 5.82 Å². The fraction of sp³-hybridized carbons (Fsp3) is 0.118. The maximum absolute atomic E-state index is 12.8. The van der Waals surface area contributed by atoms with Gasteiger partial charge < -0.3 is 15.5 Å². The van der Waals surface area contributed by atoms with Crippen molar-refractivity contribution < 1.29 is 24.2 Å². The van der Waals surface area contributed by atoms with E-state index in [1.807, 2.05) is 0 Å². The Kier molecular flexibility index (Phi) is 5.67. The zero-order valence-corrected chi connectivity index (χ0v) is 13.3. The van der Waals surface area contributed by atoms with Crippen molar-refractivity contribution in [1.82, 2.24) is 5.43 Å². The molecule has 0 fully saturated rings. The highest BCUT2D eigenvalue weighted by molar-refractivity contribution is 6.06. The Bertz CT molecular complexity index is 819. The number of aromatic hydroxyl groups is 2. The Morgan fingerprint density at radius 3 is 2.44 bits per heavy atom. The van der Waals surface area contributed by atoms with Crippen molar-refractivity contribution in [2.45, 2.75) is 13.3 Å². The number of carbonyl (C=O) groups excluding carboxylic acids is 2. The third-order valence-electron chi connectivity index (χ3n) is 3.12. The predicted octanol–water partition coefficient (Wildman–Crippen LogP) is 2.37. The minimum Gasteiger partial charge on any atom is -0.508 e. The highest BCUT2D eigenvalue weighted by atomic mass is 19.1. The van der Waals surface area contributed by atoms with Gasteiger partial charge in [0, 0.05) is 17.5 Å². The fourth-order valence-electron chi connectivity index (χ4n) is 1.93. The molecular formula is C17H16FN3O4. The monoisotopic (exact) mass is 345 g/mol. The van der Waals surface area contributed by atoms with Gasteiger partial charge in [0.2, 0.25) is 5.91 Å². The van der Waals surface area contributed by atoms with Crippen LogP contribution in [0.2, 0.25) is 0 Å². The molecule has 0 aliphatic carbocycles. The van der Waals surface area contributed by atoms with E-state index in [4.69, 9.17) is 0 Å². The number of phenols is 2. The van der Waals surface area contributed by atoms with E-state index < -0.39 is 11.7 Å². The summed E-state index contributed by atoms with van der Waals surface area (Å²) in [4.78, 5) is 23.7. The molecule has 130 valence electrons. The molecule has 0 atom stereocenters. The first-order valence-electron chi connectivity index (χ1n) is 7.26. The van der Waals surface area contributed by atoms with Crippen LogP contribution in [-0.4, -0.2) is 27.7 Å². The highest BCUT2D eigenvalue weighted by Gasteiger charge is 2.11. The van der Waals surface area contributed by atoms with Gasteiger partial charge in [0.05, 0.1) is 12.0 Å². The molecule has 0 unspecified atom stereocenters. The molecule has 0 spiro atoms. The molecule has 2 rings (SSSR count). The zero-order chi connectivity index (χ0) is 18.4. The van der Waals surface area contributed by atoms with Crippen molar-refractivity contribution in [3.05, 3.63) is 53.8 Å². The lowest BCUT2D eigenvalue weighted by molar-refractivity contribution is -0.115. The van der Waals surface area contributed by atoms with Crippen LogP contribution in [0.15, 0.2) is 47.6 Å². The summed E-state index contributed by atoms with van der Waals surface area (Å²) in [7, 11) is 0. The van der Waals surface area contributed by atoms with Gasteiger partial charge in [-0.05, 0) is 43.3 Å². The number of amides is 2. The summed E-state index contributed by atoms with van der Waals surface area (Å²) < 4.78 is 12.8. The lowest BCUT2D eigenvalue weighted by Crippen LogP contribution is -2.21. The molecule has 0 radical (unpaired) electrons. The zero-order valence-electron chi connectivity index (χ0n) is 13.3. The number of nitrogens with one attached hydrogen (secondary N) is 2.